The van der Waals surface area contributed by atoms with Crippen LogP contribution >= 0.6 is 0 Å². The van der Waals surface area contributed by atoms with Gasteiger partial charge < -0.3 is 0 Å². The third-order valence-corrected chi connectivity index (χ3v) is 5.40. The Morgan fingerprint density at radius 2 is 1.31 bits per heavy atom. The molecule has 156 valence electrons. The number of hydrogen-bond donors (Lipinski definition) is 0. The van der Waals surface area contributed by atoms with E-state index in [0.717, 1.165) is 44.2 Å². The summed E-state index contributed by atoms with van der Waals surface area (Å²) in [5.41, 5.74) is 9.41. The van der Waals surface area contributed by atoms with Crippen LogP contribution in [0.15, 0.2) is 48.7 Å². The van der Waals surface area contributed by atoms with Crippen LogP contribution in [0.25, 0.3) is 22.4 Å². The number of pyridine rings is 1. The zero-order valence-corrected chi connectivity index (χ0v) is 19.2. The van der Waals surface area contributed by atoms with Crippen LogP contribution < -0.4 is 0 Å². The highest BCUT2D eigenvalue weighted by Crippen LogP contribution is 2.39. The van der Waals surface area contributed by atoms with Crippen LogP contribution in [0.2, 0.25) is 0 Å². The fourth-order valence-electron chi connectivity index (χ4n) is 3.96. The van der Waals surface area contributed by atoms with Crippen molar-refractivity contribution in [1.29, 1.82) is 0 Å². The molecule has 1 aromatic heterocycles. The van der Waals surface area contributed by atoms with Crippen molar-refractivity contribution in [2.75, 3.05) is 0 Å². The Labute approximate surface area is 179 Å². The molecule has 0 radical (unpaired) electrons. The molecule has 0 fully saturated rings. The van der Waals surface area contributed by atoms with Crippen molar-refractivity contribution in [2.24, 2.45) is 0 Å². The second-order valence-corrected chi connectivity index (χ2v) is 7.93. The van der Waals surface area contributed by atoms with E-state index in [9.17, 15) is 0 Å². The van der Waals surface area contributed by atoms with Gasteiger partial charge in [-0.3, -0.25) is 4.98 Å². The largest absolute Gasteiger partial charge is 0.256 e. The van der Waals surface area contributed by atoms with E-state index in [1.54, 1.807) is 0 Å². The van der Waals surface area contributed by atoms with Crippen molar-refractivity contribution in [3.63, 3.8) is 0 Å². The summed E-state index contributed by atoms with van der Waals surface area (Å²) in [6.45, 7) is 11.3. The van der Waals surface area contributed by atoms with Crippen molar-refractivity contribution in [3.8, 4) is 11.3 Å². The lowest BCUT2D eigenvalue weighted by molar-refractivity contribution is 0.930. The molecule has 0 aliphatic carbocycles. The lowest BCUT2D eigenvalue weighted by atomic mass is 9.85. The van der Waals surface area contributed by atoms with E-state index >= 15 is 0 Å². The highest BCUT2D eigenvalue weighted by atomic mass is 14.7. The normalized spacial score (nSPS) is 12.4. The second kappa shape index (κ2) is 12.4. The molecule has 0 amide bonds. The van der Waals surface area contributed by atoms with Gasteiger partial charge in [-0.15, -0.1) is 0 Å². The number of allylic oxidation sites excluding steroid dienone is 4. The summed E-state index contributed by atoms with van der Waals surface area (Å²) in [4.78, 5) is 4.86. The summed E-state index contributed by atoms with van der Waals surface area (Å²) >= 11 is 0. The van der Waals surface area contributed by atoms with E-state index in [-0.39, 0.29) is 0 Å². The lowest BCUT2D eigenvalue weighted by Gasteiger charge is -2.20. The molecular weight excluding hydrogens is 350 g/mol. The van der Waals surface area contributed by atoms with E-state index in [4.69, 9.17) is 4.98 Å². The van der Waals surface area contributed by atoms with Crippen molar-refractivity contribution in [3.05, 3.63) is 65.4 Å². The Hall–Kier alpha value is -2.15. The van der Waals surface area contributed by atoms with Crippen LogP contribution in [0.3, 0.4) is 0 Å². The van der Waals surface area contributed by atoms with Gasteiger partial charge in [0.05, 0.1) is 5.69 Å². The minimum Gasteiger partial charge on any atom is -0.256 e. The molecule has 0 spiro atoms. The number of benzene rings is 1. The van der Waals surface area contributed by atoms with Gasteiger partial charge in [0.15, 0.2) is 0 Å². The molecule has 1 nitrogen and oxygen atoms in total. The van der Waals surface area contributed by atoms with Crippen molar-refractivity contribution >= 4 is 11.1 Å². The van der Waals surface area contributed by atoms with Crippen molar-refractivity contribution < 1.29 is 0 Å². The van der Waals surface area contributed by atoms with Crippen LogP contribution in [-0.4, -0.2) is 4.98 Å². The van der Waals surface area contributed by atoms with E-state index in [0.29, 0.717) is 0 Å². The van der Waals surface area contributed by atoms with Gasteiger partial charge in [0, 0.05) is 11.8 Å². The number of unbranched alkanes of at least 4 members (excludes halogenated alkanes) is 2. The van der Waals surface area contributed by atoms with Gasteiger partial charge in [0.25, 0.3) is 0 Å². The highest BCUT2D eigenvalue weighted by Gasteiger charge is 2.18. The summed E-state index contributed by atoms with van der Waals surface area (Å²) in [5.74, 6) is 0. The molecule has 0 saturated heterocycles. The second-order valence-electron chi connectivity index (χ2n) is 7.93. The number of hydrogen-bond acceptors (Lipinski definition) is 1. The smallest absolute Gasteiger partial charge is 0.0743 e. The van der Waals surface area contributed by atoms with Crippen LogP contribution in [0.1, 0.15) is 95.8 Å². The number of rotatable bonds is 11. The summed E-state index contributed by atoms with van der Waals surface area (Å²) < 4.78 is 0. The van der Waals surface area contributed by atoms with Crippen molar-refractivity contribution in [2.45, 2.75) is 86.0 Å². The molecule has 0 atom stereocenters. The van der Waals surface area contributed by atoms with E-state index in [1.807, 2.05) is 12.3 Å². The van der Waals surface area contributed by atoms with Crippen molar-refractivity contribution in [1.82, 2.24) is 4.98 Å². The van der Waals surface area contributed by atoms with Crippen LogP contribution in [0.5, 0.6) is 0 Å². The first-order chi connectivity index (χ1) is 14.2. The van der Waals surface area contributed by atoms with Crippen LogP contribution in [0.4, 0.5) is 0 Å². The Morgan fingerprint density at radius 1 is 0.759 bits per heavy atom. The number of aromatic nitrogens is 1. The van der Waals surface area contributed by atoms with Gasteiger partial charge in [0.1, 0.15) is 0 Å². The van der Waals surface area contributed by atoms with E-state index in [2.05, 4.69) is 71.0 Å². The highest BCUT2D eigenvalue weighted by molar-refractivity contribution is 5.90. The molecule has 0 bridgehead atoms. The van der Waals surface area contributed by atoms with Gasteiger partial charge >= 0.3 is 0 Å². The molecule has 0 unspecified atom stereocenters. The maximum Gasteiger partial charge on any atom is 0.0743 e. The fourth-order valence-corrected chi connectivity index (χ4v) is 3.96. The molecule has 0 saturated carbocycles. The lowest BCUT2D eigenvalue weighted by Crippen LogP contribution is -2.00. The first-order valence-corrected chi connectivity index (χ1v) is 11.6. The molecule has 1 aromatic carbocycles. The SMILES string of the molecule is CCC/C=C(\CCC)c1cccc(/C(=C/CCC)CCC)c1-c1ncccc1C. The summed E-state index contributed by atoms with van der Waals surface area (Å²) in [5, 5.41) is 0. The summed E-state index contributed by atoms with van der Waals surface area (Å²) in [6.07, 6.45) is 16.0. The molecule has 29 heavy (non-hydrogen) atoms. The molecule has 1 heterocycles. The van der Waals surface area contributed by atoms with Gasteiger partial charge in [-0.1, -0.05) is 89.8 Å². The Kier molecular flexibility index (Phi) is 9.91. The molecule has 1 heteroatoms. The molecular formula is C28H39N. The number of nitrogens with zero attached hydrogens (tertiary/aromatic N) is 1. The number of aryl methyl sites for hydroxylation is 1. The minimum atomic E-state index is 1.12. The average Bonchev–Trinajstić information content (AvgIpc) is 2.74. The Morgan fingerprint density at radius 3 is 1.76 bits per heavy atom. The van der Waals surface area contributed by atoms with Crippen LogP contribution in [0, 0.1) is 6.92 Å². The zero-order valence-electron chi connectivity index (χ0n) is 19.2. The first kappa shape index (κ1) is 23.1. The molecule has 0 aliphatic rings. The monoisotopic (exact) mass is 389 g/mol. The third-order valence-electron chi connectivity index (χ3n) is 5.40. The predicted molar refractivity (Wildman–Crippen MR) is 130 cm³/mol. The van der Waals surface area contributed by atoms with Gasteiger partial charge in [-0.2, -0.15) is 0 Å². The maximum absolute atomic E-state index is 4.86. The molecule has 2 aromatic rings. The Bertz CT molecular complexity index is 782. The summed E-state index contributed by atoms with van der Waals surface area (Å²) in [7, 11) is 0. The predicted octanol–water partition coefficient (Wildman–Crippen LogP) is 9.02. The fraction of sp³-hybridized carbons (Fsp3) is 0.464. The van der Waals surface area contributed by atoms with Gasteiger partial charge in [-0.25, -0.2) is 0 Å². The average molecular weight is 390 g/mol. The first-order valence-electron chi connectivity index (χ1n) is 11.6. The Balaban J connectivity index is 2.79. The van der Waals surface area contributed by atoms with Gasteiger partial charge in [0.2, 0.25) is 0 Å². The van der Waals surface area contributed by atoms with Gasteiger partial charge in [-0.05, 0) is 66.5 Å². The maximum atomic E-state index is 4.86. The quantitative estimate of drug-likeness (QED) is 0.373. The summed E-state index contributed by atoms with van der Waals surface area (Å²) in [6, 6.07) is 11.1. The molecule has 2 rings (SSSR count). The van der Waals surface area contributed by atoms with E-state index < -0.39 is 0 Å². The zero-order chi connectivity index (χ0) is 21.1. The third kappa shape index (κ3) is 6.16. The molecule has 0 aliphatic heterocycles. The minimum absolute atomic E-state index is 1.12. The standard InChI is InChI=1S/C28H39N/c1-6-10-17-23(14-8-3)25-19-12-20-26(24(15-9-4)18-11-7-2)27(25)28-22(5)16-13-21-29-28/h12-13,16-21H,6-11,14-15H2,1-5H3/b23-17+,24-18+. The topological polar surface area (TPSA) is 12.9 Å². The van der Waals surface area contributed by atoms with E-state index in [1.165, 1.54) is 46.2 Å². The van der Waals surface area contributed by atoms with Crippen LogP contribution in [-0.2, 0) is 0 Å². The molecule has 0 N–H and O–H groups in total.